The first-order chi connectivity index (χ1) is 11.2. The van der Waals surface area contributed by atoms with E-state index < -0.39 is 29.6 Å². The van der Waals surface area contributed by atoms with Gasteiger partial charge in [0.25, 0.3) is 0 Å². The van der Waals surface area contributed by atoms with Gasteiger partial charge in [-0.05, 0) is 30.5 Å². The van der Waals surface area contributed by atoms with Crippen LogP contribution in [0.4, 0.5) is 4.79 Å². The number of imide groups is 1. The van der Waals surface area contributed by atoms with Crippen molar-refractivity contribution in [1.82, 2.24) is 4.90 Å². The lowest BCUT2D eigenvalue weighted by atomic mass is 9.82. The topological polar surface area (TPSA) is 90.6 Å². The molecular weight excluding hydrogens is 332 g/mol. The summed E-state index contributed by atoms with van der Waals surface area (Å²) in [7, 11) is 0. The standard InChI is InChI=1S/C17H19ClN2O4/c1-10(2)14-8-24-16(22)20(14)15(21)11(3)17(23,9-19)12-4-6-13(18)7-5-12/h4-7,10-11,14,23H,8H2,1-3H3/t11-,14+,17+/m0/s1. The first-order valence-electron chi connectivity index (χ1n) is 7.62. The van der Waals surface area contributed by atoms with Gasteiger partial charge in [-0.25, -0.2) is 9.69 Å². The molecule has 1 aliphatic rings. The van der Waals surface area contributed by atoms with Gasteiger partial charge in [-0.2, -0.15) is 5.26 Å². The zero-order chi connectivity index (χ0) is 18.1. The second-order valence-corrected chi connectivity index (χ2v) is 6.64. The SMILES string of the molecule is CC(C)[C@H]1COC(=O)N1C(=O)[C@H](C)[C@](O)(C#N)c1ccc(Cl)cc1. The number of halogens is 1. The van der Waals surface area contributed by atoms with Crippen molar-refractivity contribution >= 4 is 23.6 Å². The summed E-state index contributed by atoms with van der Waals surface area (Å²) in [5, 5.41) is 20.7. The van der Waals surface area contributed by atoms with Gasteiger partial charge in [0.1, 0.15) is 12.7 Å². The van der Waals surface area contributed by atoms with E-state index in [-0.39, 0.29) is 18.1 Å². The number of rotatable bonds is 4. The van der Waals surface area contributed by atoms with E-state index in [2.05, 4.69) is 0 Å². The zero-order valence-electron chi connectivity index (χ0n) is 13.7. The molecule has 1 aliphatic heterocycles. The largest absolute Gasteiger partial charge is 0.447 e. The van der Waals surface area contributed by atoms with Gasteiger partial charge >= 0.3 is 6.09 Å². The molecule has 0 spiro atoms. The Hall–Kier alpha value is -2.10. The molecule has 6 nitrogen and oxygen atoms in total. The molecule has 2 rings (SSSR count). The minimum absolute atomic E-state index is 0.00156. The molecule has 1 aromatic rings. The maximum absolute atomic E-state index is 12.8. The summed E-state index contributed by atoms with van der Waals surface area (Å²) >= 11 is 5.82. The summed E-state index contributed by atoms with van der Waals surface area (Å²) in [6.07, 6.45) is -0.748. The molecule has 0 aliphatic carbocycles. The van der Waals surface area contributed by atoms with Crippen LogP contribution in [0.15, 0.2) is 24.3 Å². The van der Waals surface area contributed by atoms with E-state index in [0.717, 1.165) is 4.90 Å². The first-order valence-corrected chi connectivity index (χ1v) is 7.99. The van der Waals surface area contributed by atoms with Gasteiger partial charge in [-0.1, -0.05) is 37.6 Å². The van der Waals surface area contributed by atoms with E-state index in [9.17, 15) is 20.0 Å². The third kappa shape index (κ3) is 3.10. The average molecular weight is 351 g/mol. The molecule has 128 valence electrons. The van der Waals surface area contributed by atoms with Crippen molar-refractivity contribution < 1.29 is 19.4 Å². The Bertz CT molecular complexity index is 683. The lowest BCUT2D eigenvalue weighted by molar-refractivity contribution is -0.140. The smallest absolute Gasteiger partial charge is 0.416 e. The molecule has 1 N–H and O–H groups in total. The minimum Gasteiger partial charge on any atom is -0.447 e. The Balaban J connectivity index is 2.35. The molecular formula is C17H19ClN2O4. The van der Waals surface area contributed by atoms with E-state index >= 15 is 0 Å². The Morgan fingerprint density at radius 3 is 2.50 bits per heavy atom. The molecule has 0 saturated carbocycles. The summed E-state index contributed by atoms with van der Waals surface area (Å²) in [4.78, 5) is 25.7. The van der Waals surface area contributed by atoms with Crippen LogP contribution in [0.5, 0.6) is 0 Å². The normalized spacial score (nSPS) is 21.1. The highest BCUT2D eigenvalue weighted by atomic mass is 35.5. The molecule has 1 saturated heterocycles. The molecule has 24 heavy (non-hydrogen) atoms. The molecule has 7 heteroatoms. The molecule has 2 amide bonds. The van der Waals surface area contributed by atoms with Crippen LogP contribution in [0.2, 0.25) is 5.02 Å². The fourth-order valence-electron chi connectivity index (χ4n) is 2.68. The number of benzene rings is 1. The molecule has 0 radical (unpaired) electrons. The summed E-state index contributed by atoms with van der Waals surface area (Å²) in [6, 6.07) is 7.39. The number of aliphatic hydroxyl groups is 1. The lowest BCUT2D eigenvalue weighted by Crippen LogP contribution is -2.49. The van der Waals surface area contributed by atoms with Crippen LogP contribution in [-0.2, 0) is 15.1 Å². The van der Waals surface area contributed by atoms with E-state index in [4.69, 9.17) is 16.3 Å². The predicted molar refractivity (Wildman–Crippen MR) is 86.9 cm³/mol. The van der Waals surface area contributed by atoms with Crippen molar-refractivity contribution in [1.29, 1.82) is 5.26 Å². The number of cyclic esters (lactones) is 1. The lowest BCUT2D eigenvalue weighted by Gasteiger charge is -2.31. The monoisotopic (exact) mass is 350 g/mol. The van der Waals surface area contributed by atoms with Gasteiger partial charge in [-0.3, -0.25) is 4.79 Å². The van der Waals surface area contributed by atoms with Crippen molar-refractivity contribution in [3.05, 3.63) is 34.9 Å². The molecule has 0 aromatic heterocycles. The van der Waals surface area contributed by atoms with Crippen molar-refractivity contribution in [2.24, 2.45) is 11.8 Å². The van der Waals surface area contributed by atoms with Gasteiger partial charge in [0.05, 0.1) is 12.0 Å². The second kappa shape index (κ2) is 6.80. The van der Waals surface area contributed by atoms with Crippen LogP contribution in [-0.4, -0.2) is 34.7 Å². The summed E-state index contributed by atoms with van der Waals surface area (Å²) < 4.78 is 4.96. The number of carbonyl (C=O) groups is 2. The second-order valence-electron chi connectivity index (χ2n) is 6.20. The molecule has 0 bridgehead atoms. The molecule has 1 heterocycles. The Morgan fingerprint density at radius 1 is 1.42 bits per heavy atom. The molecule has 3 atom stereocenters. The summed E-state index contributed by atoms with van der Waals surface area (Å²) in [5.41, 5.74) is -1.84. The van der Waals surface area contributed by atoms with E-state index in [1.54, 1.807) is 6.07 Å². The number of hydrogen-bond acceptors (Lipinski definition) is 5. The van der Waals surface area contributed by atoms with Crippen molar-refractivity contribution in [3.8, 4) is 6.07 Å². The zero-order valence-corrected chi connectivity index (χ0v) is 14.4. The number of nitrogens with zero attached hydrogens (tertiary/aromatic N) is 2. The minimum atomic E-state index is -2.08. The van der Waals surface area contributed by atoms with Crippen molar-refractivity contribution in [3.63, 3.8) is 0 Å². The summed E-state index contributed by atoms with van der Waals surface area (Å²) in [6.45, 7) is 5.27. The molecule has 0 unspecified atom stereocenters. The Morgan fingerprint density at radius 2 is 2.00 bits per heavy atom. The number of carbonyl (C=O) groups excluding carboxylic acids is 2. The number of amides is 2. The van der Waals surface area contributed by atoms with Gasteiger partial charge in [-0.15, -0.1) is 0 Å². The number of nitriles is 1. The third-order valence-electron chi connectivity index (χ3n) is 4.36. The van der Waals surface area contributed by atoms with Gasteiger partial charge < -0.3 is 9.84 Å². The van der Waals surface area contributed by atoms with E-state index in [0.29, 0.717) is 5.02 Å². The third-order valence-corrected chi connectivity index (χ3v) is 4.62. The fraction of sp³-hybridized carbons (Fsp3) is 0.471. The van der Waals surface area contributed by atoms with Gasteiger partial charge in [0, 0.05) is 5.02 Å². The van der Waals surface area contributed by atoms with Crippen LogP contribution in [0.25, 0.3) is 0 Å². The van der Waals surface area contributed by atoms with Crippen LogP contribution in [0.3, 0.4) is 0 Å². The maximum Gasteiger partial charge on any atom is 0.416 e. The van der Waals surface area contributed by atoms with Crippen LogP contribution in [0, 0.1) is 23.2 Å². The first kappa shape index (κ1) is 18.2. The van der Waals surface area contributed by atoms with E-state index in [1.165, 1.54) is 31.2 Å². The highest BCUT2D eigenvalue weighted by molar-refractivity contribution is 6.30. The van der Waals surface area contributed by atoms with Gasteiger partial charge in [0.15, 0.2) is 5.60 Å². The highest BCUT2D eigenvalue weighted by Gasteiger charge is 2.48. The highest BCUT2D eigenvalue weighted by Crippen LogP contribution is 2.33. The molecule has 1 aromatic carbocycles. The maximum atomic E-state index is 12.8. The van der Waals surface area contributed by atoms with Crippen LogP contribution >= 0.6 is 11.6 Å². The van der Waals surface area contributed by atoms with Crippen molar-refractivity contribution in [2.45, 2.75) is 32.4 Å². The summed E-state index contributed by atoms with van der Waals surface area (Å²) in [5.74, 6) is -1.80. The quantitative estimate of drug-likeness (QED) is 0.843. The fourth-order valence-corrected chi connectivity index (χ4v) is 2.81. The van der Waals surface area contributed by atoms with Crippen LogP contribution < -0.4 is 0 Å². The van der Waals surface area contributed by atoms with E-state index in [1.807, 2.05) is 13.8 Å². The predicted octanol–water partition coefficient (Wildman–Crippen LogP) is 2.69. The Labute approximate surface area is 145 Å². The number of hydrogen-bond donors (Lipinski definition) is 1. The molecule has 1 fully saturated rings. The average Bonchev–Trinajstić information content (AvgIpc) is 2.95. The van der Waals surface area contributed by atoms with Crippen LogP contribution in [0.1, 0.15) is 26.3 Å². The number of ether oxygens (including phenoxy) is 1. The van der Waals surface area contributed by atoms with Gasteiger partial charge in [0.2, 0.25) is 5.91 Å². The Kier molecular flexibility index (Phi) is 5.16. The van der Waals surface area contributed by atoms with Crippen molar-refractivity contribution in [2.75, 3.05) is 6.61 Å².